The first-order valence-corrected chi connectivity index (χ1v) is 10.6. The molecule has 0 aromatic heterocycles. The summed E-state index contributed by atoms with van der Waals surface area (Å²) >= 11 is 0. The molecule has 2 amide bonds. The maximum Gasteiger partial charge on any atom is 0.242 e. The number of hydrogen-bond acceptors (Lipinski definition) is 4. The fourth-order valence-electron chi connectivity index (χ4n) is 4.96. The third-order valence-electron chi connectivity index (χ3n) is 6.69. The largest absolute Gasteiger partial charge is 0.497 e. The summed E-state index contributed by atoms with van der Waals surface area (Å²) in [6.07, 6.45) is 1.87. The van der Waals surface area contributed by atoms with Crippen molar-refractivity contribution in [3.8, 4) is 16.9 Å². The van der Waals surface area contributed by atoms with Crippen molar-refractivity contribution in [3.63, 3.8) is 0 Å². The number of amides is 2. The second-order valence-corrected chi connectivity index (χ2v) is 8.49. The number of rotatable bonds is 5. The first kappa shape index (κ1) is 19.1. The van der Waals surface area contributed by atoms with Crippen molar-refractivity contribution < 1.29 is 19.4 Å². The van der Waals surface area contributed by atoms with Crippen molar-refractivity contribution in [1.29, 1.82) is 0 Å². The molecule has 3 fully saturated rings. The van der Waals surface area contributed by atoms with Gasteiger partial charge in [0.2, 0.25) is 11.8 Å². The van der Waals surface area contributed by atoms with Crippen molar-refractivity contribution in [2.75, 3.05) is 26.8 Å². The van der Waals surface area contributed by atoms with Gasteiger partial charge >= 0.3 is 0 Å². The minimum atomic E-state index is -0.219. The summed E-state index contributed by atoms with van der Waals surface area (Å²) < 4.78 is 5.32. The Kier molecular flexibility index (Phi) is 4.74. The van der Waals surface area contributed by atoms with Crippen molar-refractivity contribution >= 4 is 11.8 Å². The molecule has 0 spiro atoms. The zero-order chi connectivity index (χ0) is 20.8. The Morgan fingerprint density at radius 3 is 2.57 bits per heavy atom. The minimum Gasteiger partial charge on any atom is -0.497 e. The second-order valence-electron chi connectivity index (χ2n) is 8.49. The van der Waals surface area contributed by atoms with Gasteiger partial charge in [0, 0.05) is 18.4 Å². The number of methoxy groups -OCH3 is 1. The van der Waals surface area contributed by atoms with Crippen molar-refractivity contribution in [1.82, 2.24) is 9.80 Å². The molecule has 2 aromatic carbocycles. The number of carbonyl (C=O) groups is 2. The summed E-state index contributed by atoms with van der Waals surface area (Å²) in [6.45, 7) is 0.630. The summed E-state index contributed by atoms with van der Waals surface area (Å²) in [5.74, 6) is 1.02. The second kappa shape index (κ2) is 7.43. The van der Waals surface area contributed by atoms with E-state index in [0.717, 1.165) is 35.3 Å². The molecule has 2 saturated heterocycles. The number of carbonyl (C=O) groups excluding carboxylic acids is 2. The summed E-state index contributed by atoms with van der Waals surface area (Å²) in [4.78, 5) is 28.7. The summed E-state index contributed by atoms with van der Waals surface area (Å²) in [6, 6.07) is 15.9. The summed E-state index contributed by atoms with van der Waals surface area (Å²) in [7, 11) is 1.66. The molecule has 2 aromatic rings. The highest BCUT2D eigenvalue weighted by atomic mass is 16.5. The smallest absolute Gasteiger partial charge is 0.242 e. The van der Waals surface area contributed by atoms with E-state index in [1.807, 2.05) is 24.3 Å². The molecule has 0 radical (unpaired) electrons. The average Bonchev–Trinajstić information content (AvgIpc) is 3.60. The summed E-state index contributed by atoms with van der Waals surface area (Å²) in [5, 5.41) is 9.95. The van der Waals surface area contributed by atoms with E-state index in [-0.39, 0.29) is 48.9 Å². The quantitative estimate of drug-likeness (QED) is 0.827. The number of benzene rings is 2. The van der Waals surface area contributed by atoms with Crippen molar-refractivity contribution in [2.24, 2.45) is 5.92 Å². The van der Waals surface area contributed by atoms with E-state index in [2.05, 4.69) is 24.3 Å². The van der Waals surface area contributed by atoms with Crippen molar-refractivity contribution in [2.45, 2.75) is 30.8 Å². The minimum absolute atomic E-state index is 0.0353. The van der Waals surface area contributed by atoms with Gasteiger partial charge in [0.1, 0.15) is 5.75 Å². The van der Waals surface area contributed by atoms with Gasteiger partial charge in [0.15, 0.2) is 0 Å². The molecular weight excluding hydrogens is 380 g/mol. The van der Waals surface area contributed by atoms with Crippen LogP contribution in [-0.2, 0) is 9.59 Å². The third kappa shape index (κ3) is 3.16. The topological polar surface area (TPSA) is 70.1 Å². The first-order chi connectivity index (χ1) is 14.6. The molecule has 2 aliphatic heterocycles. The highest BCUT2D eigenvalue weighted by Crippen LogP contribution is 2.44. The number of ether oxygens (including phenoxy) is 1. The van der Waals surface area contributed by atoms with Crippen LogP contribution < -0.4 is 4.74 Å². The van der Waals surface area contributed by atoms with E-state index in [4.69, 9.17) is 4.74 Å². The predicted octanol–water partition coefficient (Wildman–Crippen LogP) is 2.27. The summed E-state index contributed by atoms with van der Waals surface area (Å²) in [5.41, 5.74) is 3.25. The lowest BCUT2D eigenvalue weighted by molar-refractivity contribution is -0.167. The van der Waals surface area contributed by atoms with E-state index in [9.17, 15) is 14.7 Å². The predicted molar refractivity (Wildman–Crippen MR) is 112 cm³/mol. The lowest BCUT2D eigenvalue weighted by Gasteiger charge is -2.58. The van der Waals surface area contributed by atoms with Gasteiger partial charge in [-0.2, -0.15) is 0 Å². The van der Waals surface area contributed by atoms with Gasteiger partial charge in [-0.25, -0.2) is 0 Å². The Bertz CT molecular complexity index is 969. The SMILES string of the molecule is COc1cccc(-c2ccc([C@H]3[C@H](CO)N4C(=O)CN(C(=O)C5CC5)C[C@@H]34)cc2)c1. The van der Waals surface area contributed by atoms with Gasteiger partial charge in [-0.1, -0.05) is 36.4 Å². The maximum absolute atomic E-state index is 12.7. The van der Waals surface area contributed by atoms with Crippen LogP contribution in [0.2, 0.25) is 0 Å². The molecule has 3 atom stereocenters. The van der Waals surface area contributed by atoms with Crippen LogP contribution in [0.3, 0.4) is 0 Å². The Morgan fingerprint density at radius 1 is 1.13 bits per heavy atom. The van der Waals surface area contributed by atoms with Crippen LogP contribution in [0.1, 0.15) is 24.3 Å². The van der Waals surface area contributed by atoms with E-state index in [0.29, 0.717) is 6.54 Å². The van der Waals surface area contributed by atoms with Gasteiger partial charge in [-0.15, -0.1) is 0 Å². The normalized spacial score (nSPS) is 25.5. The van der Waals surface area contributed by atoms with Crippen LogP contribution >= 0.6 is 0 Å². The van der Waals surface area contributed by atoms with Crippen LogP contribution in [0.4, 0.5) is 0 Å². The zero-order valence-electron chi connectivity index (χ0n) is 17.0. The number of hydrogen-bond donors (Lipinski definition) is 1. The molecule has 30 heavy (non-hydrogen) atoms. The van der Waals surface area contributed by atoms with Crippen molar-refractivity contribution in [3.05, 3.63) is 54.1 Å². The number of aliphatic hydroxyl groups excluding tert-OH is 1. The molecule has 5 rings (SSSR count). The van der Waals surface area contributed by atoms with Gasteiger partial charge in [0.25, 0.3) is 0 Å². The number of piperazine rings is 1. The van der Waals surface area contributed by atoms with E-state index >= 15 is 0 Å². The molecule has 2 heterocycles. The number of aliphatic hydroxyl groups is 1. The Hall–Kier alpha value is -2.86. The molecule has 1 N–H and O–H groups in total. The fourth-order valence-corrected chi connectivity index (χ4v) is 4.96. The van der Waals surface area contributed by atoms with Crippen LogP contribution in [0, 0.1) is 5.92 Å². The lowest BCUT2D eigenvalue weighted by atomic mass is 9.73. The van der Waals surface area contributed by atoms with Crippen LogP contribution in [0.25, 0.3) is 11.1 Å². The molecule has 0 bridgehead atoms. The van der Waals surface area contributed by atoms with Crippen LogP contribution in [0.5, 0.6) is 5.75 Å². The molecule has 0 unspecified atom stereocenters. The van der Waals surface area contributed by atoms with E-state index < -0.39 is 0 Å². The molecule has 1 saturated carbocycles. The molecule has 1 aliphatic carbocycles. The standard InChI is InChI=1S/C24H26N2O4/c1-30-19-4-2-3-18(11-19)15-5-7-16(8-6-15)23-20-12-25(24(29)17-9-10-17)13-22(28)26(20)21(23)14-27/h2-8,11,17,20-21,23,27H,9-10,12-14H2,1H3/t20-,21-,23+/m0/s1. The Morgan fingerprint density at radius 2 is 1.90 bits per heavy atom. The third-order valence-corrected chi connectivity index (χ3v) is 6.69. The molecule has 6 nitrogen and oxygen atoms in total. The number of fused-ring (bicyclic) bond motifs is 1. The lowest BCUT2D eigenvalue weighted by Crippen LogP contribution is -2.73. The van der Waals surface area contributed by atoms with Gasteiger partial charge in [-0.05, 0) is 41.7 Å². The van der Waals surface area contributed by atoms with Crippen LogP contribution in [0.15, 0.2) is 48.5 Å². The molecule has 156 valence electrons. The van der Waals surface area contributed by atoms with Gasteiger partial charge in [0.05, 0.1) is 32.3 Å². The highest BCUT2D eigenvalue weighted by Gasteiger charge is 2.55. The van der Waals surface area contributed by atoms with E-state index in [1.54, 1.807) is 16.9 Å². The monoisotopic (exact) mass is 406 g/mol. The Labute approximate surface area is 176 Å². The van der Waals surface area contributed by atoms with Crippen LogP contribution in [-0.4, -0.2) is 65.6 Å². The number of nitrogens with zero attached hydrogens (tertiary/aromatic N) is 2. The molecule has 3 aliphatic rings. The maximum atomic E-state index is 12.7. The average molecular weight is 406 g/mol. The Balaban J connectivity index is 1.38. The first-order valence-electron chi connectivity index (χ1n) is 10.6. The molecular formula is C24H26N2O4. The van der Waals surface area contributed by atoms with Gasteiger partial charge < -0.3 is 19.6 Å². The highest BCUT2D eigenvalue weighted by molar-refractivity contribution is 5.89. The molecule has 6 heteroatoms. The fraction of sp³-hybridized carbons (Fsp3) is 0.417. The zero-order valence-corrected chi connectivity index (χ0v) is 17.0. The van der Waals surface area contributed by atoms with Gasteiger partial charge in [-0.3, -0.25) is 9.59 Å². The van der Waals surface area contributed by atoms with E-state index in [1.165, 1.54) is 0 Å².